The fraction of sp³-hybridized carbons (Fsp3) is 0.500. The average Bonchev–Trinajstić information content (AvgIpc) is 0.799. The number of para-hydroxylation sites is 8. The molecule has 0 aliphatic heterocycles. The lowest BCUT2D eigenvalue weighted by Gasteiger charge is -2.23. The first-order valence-electron chi connectivity index (χ1n) is 41.2. The van der Waals surface area contributed by atoms with Crippen LogP contribution in [0.5, 0.6) is 46.0 Å². The number of hydrogen-bond donors (Lipinski definition) is 0. The van der Waals surface area contributed by atoms with Crippen molar-refractivity contribution in [2.75, 3.05) is 52.9 Å². The lowest BCUT2D eigenvalue weighted by atomic mass is 9.91. The van der Waals surface area contributed by atoms with E-state index < -0.39 is 0 Å². The third-order valence-electron chi connectivity index (χ3n) is 20.4. The second-order valence-corrected chi connectivity index (χ2v) is 29.1. The molecule has 9 rings (SSSR count). The first-order valence-corrected chi connectivity index (χ1v) is 41.2. The lowest BCUT2D eigenvalue weighted by Crippen LogP contribution is -2.10. The molecule has 0 heterocycles. The molecule has 0 unspecified atom stereocenters. The summed E-state index contributed by atoms with van der Waals surface area (Å²) in [5, 5.41) is 0. The number of benzene rings is 8. The normalized spacial score (nSPS) is 12.4. The molecule has 0 amide bonds. The van der Waals surface area contributed by atoms with E-state index in [9.17, 15) is 0 Å². The highest BCUT2D eigenvalue weighted by atomic mass is 16.5. The summed E-state index contributed by atoms with van der Waals surface area (Å²) in [7, 11) is 0. The van der Waals surface area contributed by atoms with Gasteiger partial charge in [-0.3, -0.25) is 0 Å². The molecular weight excluding hydrogens is 1280 g/mol. The van der Waals surface area contributed by atoms with Gasteiger partial charge in [-0.1, -0.05) is 304 Å². The predicted molar refractivity (Wildman–Crippen MR) is 434 cm³/mol. The second kappa shape index (κ2) is 45.5. The second-order valence-electron chi connectivity index (χ2n) is 29.1. The van der Waals surface area contributed by atoms with E-state index in [1.54, 1.807) is 0 Å². The Morgan fingerprint density at radius 3 is 0.337 bits per heavy atom. The maximum absolute atomic E-state index is 7.16. The number of ether oxygens (including phenoxy) is 8. The van der Waals surface area contributed by atoms with E-state index in [0.29, 0.717) is 104 Å². The Morgan fingerprint density at radius 2 is 0.250 bits per heavy atom. The van der Waals surface area contributed by atoms with Crippen LogP contribution in [0.25, 0.3) is 0 Å². The Morgan fingerprint density at radius 1 is 0.154 bits per heavy atom. The van der Waals surface area contributed by atoms with Gasteiger partial charge in [-0.2, -0.15) is 0 Å². The number of hydrogen-bond acceptors (Lipinski definition) is 8. The average molecular weight is 1410 g/mol. The molecule has 0 aromatic heterocycles. The van der Waals surface area contributed by atoms with Crippen molar-refractivity contribution in [1.82, 2.24) is 0 Å². The van der Waals surface area contributed by atoms with Gasteiger partial charge in [0.2, 0.25) is 0 Å². The summed E-state index contributed by atoms with van der Waals surface area (Å²) >= 11 is 0. The van der Waals surface area contributed by atoms with E-state index in [1.807, 2.05) is 0 Å². The molecule has 104 heavy (non-hydrogen) atoms. The Hall–Kier alpha value is -7.84. The zero-order chi connectivity index (χ0) is 72.8. The van der Waals surface area contributed by atoms with E-state index >= 15 is 0 Å². The van der Waals surface area contributed by atoms with Crippen molar-refractivity contribution < 1.29 is 37.9 Å². The zero-order valence-corrected chi connectivity index (χ0v) is 65.4. The van der Waals surface area contributed by atoms with Gasteiger partial charge in [-0.15, -0.1) is 0 Å². The summed E-state index contributed by atoms with van der Waals surface area (Å²) in [5.41, 5.74) is 18.5. The smallest absolute Gasteiger partial charge is 0.126 e. The highest BCUT2D eigenvalue weighted by molar-refractivity contribution is 5.59. The maximum atomic E-state index is 7.16. The van der Waals surface area contributed by atoms with Gasteiger partial charge < -0.3 is 37.9 Å². The van der Waals surface area contributed by atoms with Crippen LogP contribution in [0, 0.1) is 0 Å². The monoisotopic (exact) mass is 1410 g/mol. The van der Waals surface area contributed by atoms with Gasteiger partial charge in [0.15, 0.2) is 0 Å². The van der Waals surface area contributed by atoms with Crippen molar-refractivity contribution in [3.05, 3.63) is 235 Å². The molecule has 560 valence electrons. The van der Waals surface area contributed by atoms with Crippen molar-refractivity contribution in [2.24, 2.45) is 0 Å². The van der Waals surface area contributed by atoms with Gasteiger partial charge in [0.25, 0.3) is 0 Å². The molecule has 0 saturated carbocycles. The largest absolute Gasteiger partial charge is 0.493 e. The minimum Gasteiger partial charge on any atom is -0.493 e. The van der Waals surface area contributed by atoms with E-state index in [4.69, 9.17) is 37.9 Å². The highest BCUT2D eigenvalue weighted by Crippen LogP contribution is 2.42. The molecule has 0 N–H and O–H groups in total. The summed E-state index contributed by atoms with van der Waals surface area (Å²) in [6.45, 7) is 23.3. The Bertz CT molecular complexity index is 2910. The molecule has 0 fully saturated rings. The highest BCUT2D eigenvalue weighted by Gasteiger charge is 2.25. The molecule has 8 heteroatoms. The molecular formula is C96H128O8. The molecule has 16 bridgehead atoms. The molecule has 8 aromatic rings. The van der Waals surface area contributed by atoms with E-state index in [2.05, 4.69) is 201 Å². The molecule has 0 atom stereocenters. The van der Waals surface area contributed by atoms with Gasteiger partial charge in [0.1, 0.15) is 46.0 Å². The maximum Gasteiger partial charge on any atom is 0.126 e. The summed E-state index contributed by atoms with van der Waals surface area (Å²) < 4.78 is 57.3. The van der Waals surface area contributed by atoms with Gasteiger partial charge in [-0.25, -0.2) is 0 Å². The topological polar surface area (TPSA) is 73.8 Å². The predicted octanol–water partition coefficient (Wildman–Crippen LogP) is 25.3. The van der Waals surface area contributed by atoms with Gasteiger partial charge in [0, 0.05) is 51.4 Å². The zero-order valence-electron chi connectivity index (χ0n) is 65.4. The van der Waals surface area contributed by atoms with Crippen molar-refractivity contribution >= 4 is 0 Å². The Kier molecular flexibility index (Phi) is 35.1. The van der Waals surface area contributed by atoms with Crippen LogP contribution < -0.4 is 37.9 Å². The molecule has 1 aliphatic carbocycles. The summed E-state index contributed by atoms with van der Waals surface area (Å²) in [4.78, 5) is 0. The van der Waals surface area contributed by atoms with Crippen molar-refractivity contribution in [1.29, 1.82) is 0 Å². The van der Waals surface area contributed by atoms with Crippen molar-refractivity contribution in [3.8, 4) is 46.0 Å². The quantitative estimate of drug-likeness (QED) is 0.0352. The molecule has 1 aliphatic rings. The standard InChI is InChI=1S/C96H128O8/c1-9-17-25-57-97-89-73-41-33-42-74(89)66-76-44-35-46-78(91(76)99-59-27-19-11-3)68-80-48-37-50-82(93(80)101-61-29-21-13-5)70-84-52-39-54-86(95(84)103-63-31-23-15-7)72-88-56-40-55-87(96(88)104-64-32-24-16-8)71-85-53-38-51-83(94(85)102-62-30-22-14-6)69-81-49-36-47-79(92(81)100-60-28-20-12-4)67-77-45-34-43-75(65-73)90(77)98-58-26-18-10-2/h33-56H,9-32,57-72H2,1-8H3. The Labute approximate surface area is 628 Å². The Balaban J connectivity index is 1.27. The van der Waals surface area contributed by atoms with Crippen LogP contribution in [-0.4, -0.2) is 52.9 Å². The van der Waals surface area contributed by atoms with E-state index in [-0.39, 0.29) is 0 Å². The number of unbranched alkanes of at least 4 members (excludes halogenated alkanes) is 16. The summed E-state index contributed by atoms with van der Waals surface area (Å²) in [6.07, 6.45) is 30.9. The van der Waals surface area contributed by atoms with E-state index in [1.165, 1.54) is 0 Å². The van der Waals surface area contributed by atoms with Gasteiger partial charge in [-0.05, 0) is 140 Å². The third kappa shape index (κ3) is 24.1. The summed E-state index contributed by atoms with van der Waals surface area (Å²) in [6, 6.07) is 54.4. The van der Waals surface area contributed by atoms with Crippen LogP contribution >= 0.6 is 0 Å². The summed E-state index contributed by atoms with van der Waals surface area (Å²) in [5.74, 6) is 7.70. The van der Waals surface area contributed by atoms with Crippen LogP contribution in [-0.2, 0) is 51.4 Å². The molecule has 8 nitrogen and oxygen atoms in total. The minimum atomic E-state index is 0.642. The number of fused-ring (bicyclic) bond motifs is 16. The van der Waals surface area contributed by atoms with E-state index in [0.717, 1.165) is 289 Å². The fourth-order valence-corrected chi connectivity index (χ4v) is 14.7. The molecule has 0 radical (unpaired) electrons. The fourth-order valence-electron chi connectivity index (χ4n) is 14.7. The SMILES string of the molecule is CCCCCOc1c2cccc1Cc1cccc(c1OCCCCC)Cc1cccc(c1OCCCCC)Cc1cccc(c1OCCCCC)Cc1cccc(c1OCCCCC)Cc1cccc(c1OCCCCC)Cc1cccc(c1OCCCCC)Cc1cccc(c1OCCCCC)C2. The minimum absolute atomic E-state index is 0.642. The van der Waals surface area contributed by atoms with Crippen LogP contribution in [0.1, 0.15) is 299 Å². The van der Waals surface area contributed by atoms with Crippen LogP contribution in [0.15, 0.2) is 146 Å². The molecule has 0 saturated heterocycles. The molecule has 8 aromatic carbocycles. The van der Waals surface area contributed by atoms with Crippen LogP contribution in [0.3, 0.4) is 0 Å². The van der Waals surface area contributed by atoms with Gasteiger partial charge >= 0.3 is 0 Å². The van der Waals surface area contributed by atoms with Gasteiger partial charge in [0.05, 0.1) is 52.9 Å². The van der Waals surface area contributed by atoms with Crippen LogP contribution in [0.2, 0.25) is 0 Å². The first-order chi connectivity index (χ1) is 51.3. The third-order valence-corrected chi connectivity index (χ3v) is 20.4. The molecule has 0 spiro atoms. The number of rotatable bonds is 40. The van der Waals surface area contributed by atoms with Crippen molar-refractivity contribution in [2.45, 2.75) is 261 Å². The van der Waals surface area contributed by atoms with Crippen molar-refractivity contribution in [3.63, 3.8) is 0 Å². The first kappa shape index (κ1) is 80.3. The van der Waals surface area contributed by atoms with Crippen LogP contribution in [0.4, 0.5) is 0 Å². The lowest BCUT2D eigenvalue weighted by molar-refractivity contribution is 0.295.